The summed E-state index contributed by atoms with van der Waals surface area (Å²) in [6.45, 7) is 5.23. The van der Waals surface area contributed by atoms with Gasteiger partial charge in [0.25, 0.3) is 0 Å². The predicted molar refractivity (Wildman–Crippen MR) is 137 cm³/mol. The summed E-state index contributed by atoms with van der Waals surface area (Å²) in [5.41, 5.74) is 1.11. The smallest absolute Gasteiger partial charge is 0.230 e. The van der Waals surface area contributed by atoms with Crippen molar-refractivity contribution in [3.63, 3.8) is 0 Å². The number of aromatic hydroxyl groups is 2. The topological polar surface area (TPSA) is 160 Å². The van der Waals surface area contributed by atoms with Crippen molar-refractivity contribution in [2.75, 3.05) is 62.4 Å². The van der Waals surface area contributed by atoms with Crippen LogP contribution in [0.1, 0.15) is 21.7 Å². The highest BCUT2D eigenvalue weighted by atomic mass is 16.5. The maximum atomic E-state index is 10.2. The lowest BCUT2D eigenvalue weighted by Crippen LogP contribution is -2.40. The molecule has 37 heavy (non-hydrogen) atoms. The molecule has 2 aliphatic heterocycles. The van der Waals surface area contributed by atoms with Crippen LogP contribution in [-0.4, -0.2) is 89.8 Å². The third-order valence-corrected chi connectivity index (χ3v) is 5.76. The highest BCUT2D eigenvalue weighted by molar-refractivity contribution is 6.12. The summed E-state index contributed by atoms with van der Waals surface area (Å²) in [5, 5.41) is 23.0. The zero-order chi connectivity index (χ0) is 26.0. The first-order valence-electron chi connectivity index (χ1n) is 11.8. The van der Waals surface area contributed by atoms with Crippen molar-refractivity contribution in [2.24, 2.45) is 10.9 Å². The van der Waals surface area contributed by atoms with Crippen LogP contribution < -0.4 is 15.6 Å². The lowest BCUT2D eigenvalue weighted by molar-refractivity contribution is 0.112. The molecule has 0 spiro atoms. The van der Waals surface area contributed by atoms with Gasteiger partial charge in [0.05, 0.1) is 32.0 Å². The molecule has 0 amide bonds. The Hall–Kier alpha value is -4.29. The molecule has 4 N–H and O–H groups in total. The molecule has 0 aliphatic carbocycles. The Bertz CT molecular complexity index is 1190. The number of nitrogens with two attached hydrogens (primary N) is 1. The van der Waals surface area contributed by atoms with Crippen molar-refractivity contribution in [3.8, 4) is 11.5 Å². The van der Waals surface area contributed by atoms with E-state index >= 15 is 0 Å². The molecule has 2 saturated heterocycles. The fraction of sp³-hybridized carbons (Fsp3) is 0.320. The average Bonchev–Trinajstić information content (AvgIpc) is 2.96. The van der Waals surface area contributed by atoms with Gasteiger partial charge in [-0.25, -0.2) is 0 Å². The summed E-state index contributed by atoms with van der Waals surface area (Å²) in [5.74, 6) is 7.19. The second-order valence-corrected chi connectivity index (χ2v) is 8.13. The van der Waals surface area contributed by atoms with Crippen molar-refractivity contribution >= 4 is 23.9 Å². The molecule has 0 unspecified atom stereocenters. The number of morpholine rings is 2. The predicted octanol–water partition coefficient (Wildman–Crippen LogP) is 1.17. The van der Waals surface area contributed by atoms with Crippen LogP contribution >= 0.6 is 0 Å². The molecule has 1 aromatic heterocycles. The van der Waals surface area contributed by atoms with Gasteiger partial charge in [0, 0.05) is 31.7 Å². The fourth-order valence-corrected chi connectivity index (χ4v) is 3.78. The van der Waals surface area contributed by atoms with Gasteiger partial charge in [-0.15, -0.1) is 0 Å². The summed E-state index contributed by atoms with van der Waals surface area (Å²) < 4.78 is 10.9. The van der Waals surface area contributed by atoms with Crippen molar-refractivity contribution in [1.82, 2.24) is 15.0 Å². The van der Waals surface area contributed by atoms with Crippen LogP contribution in [0, 0.1) is 0 Å². The van der Waals surface area contributed by atoms with Gasteiger partial charge in [-0.1, -0.05) is 24.3 Å². The molecule has 0 atom stereocenters. The Morgan fingerprint density at radius 1 is 0.811 bits per heavy atom. The Morgan fingerprint density at radius 3 is 1.78 bits per heavy atom. The maximum Gasteiger partial charge on any atom is 0.230 e. The van der Waals surface area contributed by atoms with E-state index in [-0.39, 0.29) is 11.5 Å². The van der Waals surface area contributed by atoms with E-state index in [2.05, 4.69) is 29.9 Å². The van der Waals surface area contributed by atoms with Gasteiger partial charge >= 0.3 is 0 Å². The van der Waals surface area contributed by atoms with Gasteiger partial charge in [-0.05, 0) is 24.3 Å². The molecule has 2 aromatic carbocycles. The minimum absolute atomic E-state index is 0.0347. The summed E-state index contributed by atoms with van der Waals surface area (Å²) in [7, 11) is 0. The van der Waals surface area contributed by atoms with Gasteiger partial charge in [0.2, 0.25) is 11.9 Å². The molecule has 3 heterocycles. The van der Waals surface area contributed by atoms with Crippen LogP contribution in [0.15, 0.2) is 53.6 Å². The summed E-state index contributed by atoms with van der Waals surface area (Å²) in [4.78, 5) is 28.1. The number of hydrogen-bond acceptors (Lipinski definition) is 12. The second kappa shape index (κ2) is 12.6. The number of anilines is 2. The number of benzene rings is 2. The van der Waals surface area contributed by atoms with E-state index in [1.807, 2.05) is 0 Å². The van der Waals surface area contributed by atoms with E-state index in [9.17, 15) is 9.90 Å². The molecule has 12 nitrogen and oxygen atoms in total. The zero-order valence-corrected chi connectivity index (χ0v) is 20.2. The standard InChI is InChI=1S/C18H23N7O3.C7H6O2/c19-23-15(13-3-1-2-4-14(13)26)16-20-17(24-5-9-27-10-6-24)22-18(21-16)25-7-11-28-12-8-25;8-5-6-3-1-2-4-7(6)9/h1-4,26H,5-12,19H2;1-5,9H. The third kappa shape index (κ3) is 6.48. The molecule has 3 aromatic rings. The van der Waals surface area contributed by atoms with Gasteiger partial charge < -0.3 is 35.3 Å². The number of rotatable bonds is 5. The van der Waals surface area contributed by atoms with Crippen LogP contribution in [0.2, 0.25) is 0 Å². The number of aromatic nitrogens is 3. The summed E-state index contributed by atoms with van der Waals surface area (Å²) in [6.07, 6.45) is 0.620. The van der Waals surface area contributed by atoms with Crippen molar-refractivity contribution in [2.45, 2.75) is 0 Å². The number of phenolic OH excluding ortho intramolecular Hbond substituents is 2. The zero-order valence-electron chi connectivity index (χ0n) is 20.2. The first-order valence-corrected chi connectivity index (χ1v) is 11.8. The molecular weight excluding hydrogens is 478 g/mol. The van der Waals surface area contributed by atoms with E-state index in [1.165, 1.54) is 6.07 Å². The fourth-order valence-electron chi connectivity index (χ4n) is 3.78. The third-order valence-electron chi connectivity index (χ3n) is 5.76. The molecule has 0 saturated carbocycles. The molecule has 194 valence electrons. The highest BCUT2D eigenvalue weighted by Gasteiger charge is 2.23. The van der Waals surface area contributed by atoms with Gasteiger partial charge in [-0.3, -0.25) is 4.79 Å². The quantitative estimate of drug-likeness (QED) is 0.197. The normalized spacial score (nSPS) is 16.1. The van der Waals surface area contributed by atoms with Crippen molar-refractivity contribution in [1.29, 1.82) is 0 Å². The van der Waals surface area contributed by atoms with E-state index < -0.39 is 0 Å². The van der Waals surface area contributed by atoms with E-state index in [0.717, 1.165) is 0 Å². The molecule has 2 fully saturated rings. The SMILES string of the molecule is NN=C(c1nc(N2CCOCC2)nc(N2CCOCC2)n1)c1ccccc1O.O=Cc1ccccc1O. The number of hydrazone groups is 1. The lowest BCUT2D eigenvalue weighted by Gasteiger charge is -2.30. The van der Waals surface area contributed by atoms with Gasteiger partial charge in [0.1, 0.15) is 17.2 Å². The Morgan fingerprint density at radius 2 is 1.32 bits per heavy atom. The van der Waals surface area contributed by atoms with E-state index in [0.29, 0.717) is 93.5 Å². The van der Waals surface area contributed by atoms with Crippen LogP contribution in [-0.2, 0) is 9.47 Å². The number of aldehydes is 1. The minimum atomic E-state index is 0.0347. The first-order chi connectivity index (χ1) is 18.1. The first kappa shape index (κ1) is 25.8. The molecule has 2 aliphatic rings. The molecular formula is C25H29N7O5. The highest BCUT2D eigenvalue weighted by Crippen LogP contribution is 2.22. The monoisotopic (exact) mass is 507 g/mol. The maximum absolute atomic E-state index is 10.2. The number of phenols is 2. The van der Waals surface area contributed by atoms with Crippen LogP contribution in [0.3, 0.4) is 0 Å². The van der Waals surface area contributed by atoms with E-state index in [1.54, 1.807) is 42.5 Å². The number of carbonyl (C=O) groups is 1. The molecule has 0 bridgehead atoms. The van der Waals surface area contributed by atoms with Gasteiger partial charge in [-0.2, -0.15) is 20.1 Å². The molecule has 12 heteroatoms. The second-order valence-electron chi connectivity index (χ2n) is 8.13. The van der Waals surface area contributed by atoms with Crippen molar-refractivity contribution in [3.05, 3.63) is 65.5 Å². The van der Waals surface area contributed by atoms with Crippen LogP contribution in [0.4, 0.5) is 11.9 Å². The van der Waals surface area contributed by atoms with Gasteiger partial charge in [0.15, 0.2) is 12.1 Å². The lowest BCUT2D eigenvalue weighted by atomic mass is 10.1. The Labute approximate surface area is 214 Å². The minimum Gasteiger partial charge on any atom is -0.507 e. The number of para-hydroxylation sites is 2. The largest absolute Gasteiger partial charge is 0.507 e. The number of nitrogens with zero attached hydrogens (tertiary/aromatic N) is 6. The summed E-state index contributed by atoms with van der Waals surface area (Å²) >= 11 is 0. The average molecular weight is 508 g/mol. The number of hydrogen-bond donors (Lipinski definition) is 3. The Kier molecular flexibility index (Phi) is 8.79. The Balaban J connectivity index is 0.000000301. The molecule has 5 rings (SSSR count). The van der Waals surface area contributed by atoms with Crippen LogP contribution in [0.25, 0.3) is 0 Å². The molecule has 0 radical (unpaired) electrons. The number of ether oxygens (including phenoxy) is 2. The summed E-state index contributed by atoms with van der Waals surface area (Å²) in [6, 6.07) is 13.2. The van der Waals surface area contributed by atoms with Crippen LogP contribution in [0.5, 0.6) is 11.5 Å². The van der Waals surface area contributed by atoms with E-state index in [4.69, 9.17) is 20.4 Å². The number of carbonyl (C=O) groups excluding carboxylic acids is 1. The van der Waals surface area contributed by atoms with Crippen molar-refractivity contribution < 1.29 is 24.5 Å².